The van der Waals surface area contributed by atoms with Crippen molar-refractivity contribution in [3.8, 4) is 0 Å². The van der Waals surface area contributed by atoms with Gasteiger partial charge in [-0.3, -0.25) is 0 Å². The summed E-state index contributed by atoms with van der Waals surface area (Å²) in [6.45, 7) is 7.92. The first-order valence-electron chi connectivity index (χ1n) is 5.58. The maximum Gasteiger partial charge on any atom is 0.150 e. The Kier molecular flexibility index (Phi) is 5.81. The monoisotopic (exact) mass is 236 g/mol. The van der Waals surface area contributed by atoms with Crippen molar-refractivity contribution in [2.45, 2.75) is 40.5 Å². The van der Waals surface area contributed by atoms with E-state index in [1.165, 1.54) is 0 Å². The molecular weight excluding hydrogens is 212 g/mol. The number of rotatable bonds is 7. The minimum absolute atomic E-state index is 0.122. The van der Waals surface area contributed by atoms with E-state index in [2.05, 4.69) is 13.8 Å². The molecule has 1 atom stereocenters. The SMILES string of the molecule is CCS(=O)(=O)CCCC(C)(CO)C(C)C. The van der Waals surface area contributed by atoms with Gasteiger partial charge in [0.05, 0.1) is 5.75 Å². The van der Waals surface area contributed by atoms with Crippen LogP contribution in [0.5, 0.6) is 0 Å². The maximum atomic E-state index is 11.3. The third-order valence-electron chi connectivity index (χ3n) is 3.40. The predicted octanol–water partition coefficient (Wildman–Crippen LogP) is 1.86. The Bertz CT molecular complexity index is 270. The quantitative estimate of drug-likeness (QED) is 0.734. The molecule has 0 aliphatic rings. The Morgan fingerprint density at radius 3 is 2.20 bits per heavy atom. The topological polar surface area (TPSA) is 54.4 Å². The van der Waals surface area contributed by atoms with Crippen LogP contribution in [0.1, 0.15) is 40.5 Å². The van der Waals surface area contributed by atoms with Crippen molar-refractivity contribution in [3.05, 3.63) is 0 Å². The van der Waals surface area contributed by atoms with Gasteiger partial charge >= 0.3 is 0 Å². The molecular formula is C11H24O3S. The summed E-state index contributed by atoms with van der Waals surface area (Å²) in [6.07, 6.45) is 1.41. The predicted molar refractivity (Wildman–Crippen MR) is 63.6 cm³/mol. The van der Waals surface area contributed by atoms with Crippen LogP contribution in [-0.4, -0.2) is 31.6 Å². The fourth-order valence-corrected chi connectivity index (χ4v) is 2.26. The molecule has 0 amide bonds. The Hall–Kier alpha value is -0.0900. The molecule has 0 rings (SSSR count). The Labute approximate surface area is 93.8 Å². The van der Waals surface area contributed by atoms with E-state index >= 15 is 0 Å². The zero-order valence-electron chi connectivity index (χ0n) is 10.3. The van der Waals surface area contributed by atoms with Gasteiger partial charge in [-0.15, -0.1) is 0 Å². The number of hydrogen-bond donors (Lipinski definition) is 1. The average Bonchev–Trinajstić information content (AvgIpc) is 2.17. The lowest BCUT2D eigenvalue weighted by Gasteiger charge is -2.31. The molecule has 1 unspecified atom stereocenters. The maximum absolute atomic E-state index is 11.3. The fraction of sp³-hybridized carbons (Fsp3) is 1.00. The third kappa shape index (κ3) is 4.98. The van der Waals surface area contributed by atoms with Crippen LogP contribution in [0.15, 0.2) is 0 Å². The molecule has 0 aromatic heterocycles. The van der Waals surface area contributed by atoms with Gasteiger partial charge in [0.1, 0.15) is 9.84 Å². The van der Waals surface area contributed by atoms with Crippen molar-refractivity contribution in [2.24, 2.45) is 11.3 Å². The van der Waals surface area contributed by atoms with Crippen molar-refractivity contribution >= 4 is 9.84 Å². The van der Waals surface area contributed by atoms with Crippen molar-refractivity contribution in [2.75, 3.05) is 18.1 Å². The summed E-state index contributed by atoms with van der Waals surface area (Å²) in [6, 6.07) is 0. The van der Waals surface area contributed by atoms with Crippen LogP contribution in [0.3, 0.4) is 0 Å². The van der Waals surface area contributed by atoms with E-state index < -0.39 is 9.84 Å². The van der Waals surface area contributed by atoms with Gasteiger partial charge in [-0.25, -0.2) is 8.42 Å². The van der Waals surface area contributed by atoms with Gasteiger partial charge < -0.3 is 5.11 Å². The Morgan fingerprint density at radius 2 is 1.87 bits per heavy atom. The summed E-state index contributed by atoms with van der Waals surface area (Å²) in [7, 11) is -2.86. The highest BCUT2D eigenvalue weighted by molar-refractivity contribution is 7.91. The van der Waals surface area contributed by atoms with Gasteiger partial charge in [-0.1, -0.05) is 27.7 Å². The number of aliphatic hydroxyl groups excluding tert-OH is 1. The van der Waals surface area contributed by atoms with Gasteiger partial charge in [0, 0.05) is 12.4 Å². The molecule has 0 saturated carbocycles. The number of aliphatic hydroxyl groups is 1. The molecule has 0 radical (unpaired) electrons. The molecule has 0 saturated heterocycles. The van der Waals surface area contributed by atoms with E-state index in [9.17, 15) is 13.5 Å². The largest absolute Gasteiger partial charge is 0.396 e. The number of sulfone groups is 1. The van der Waals surface area contributed by atoms with E-state index in [1.807, 2.05) is 6.92 Å². The fourth-order valence-electron chi connectivity index (χ4n) is 1.39. The summed E-state index contributed by atoms with van der Waals surface area (Å²) in [5, 5.41) is 9.29. The van der Waals surface area contributed by atoms with Gasteiger partial charge in [0.2, 0.25) is 0 Å². The smallest absolute Gasteiger partial charge is 0.150 e. The van der Waals surface area contributed by atoms with Crippen molar-refractivity contribution in [3.63, 3.8) is 0 Å². The second-order valence-corrected chi connectivity index (χ2v) is 7.28. The first-order valence-corrected chi connectivity index (χ1v) is 7.41. The van der Waals surface area contributed by atoms with Crippen molar-refractivity contribution in [1.29, 1.82) is 0 Å². The minimum atomic E-state index is -2.86. The van der Waals surface area contributed by atoms with Crippen LogP contribution in [0.25, 0.3) is 0 Å². The van der Waals surface area contributed by atoms with E-state index in [1.54, 1.807) is 6.92 Å². The summed E-state index contributed by atoms with van der Waals surface area (Å²) < 4.78 is 22.6. The normalized spacial score (nSPS) is 16.7. The molecule has 15 heavy (non-hydrogen) atoms. The van der Waals surface area contributed by atoms with Gasteiger partial charge in [0.25, 0.3) is 0 Å². The molecule has 4 heteroatoms. The first-order chi connectivity index (χ1) is 6.77. The molecule has 0 heterocycles. The Balaban J connectivity index is 4.15. The van der Waals surface area contributed by atoms with E-state index in [0.29, 0.717) is 12.3 Å². The number of hydrogen-bond acceptors (Lipinski definition) is 3. The lowest BCUT2D eigenvalue weighted by molar-refractivity contribution is 0.0849. The highest BCUT2D eigenvalue weighted by Gasteiger charge is 2.27. The van der Waals surface area contributed by atoms with Crippen molar-refractivity contribution < 1.29 is 13.5 Å². The van der Waals surface area contributed by atoms with E-state index in [-0.39, 0.29) is 23.5 Å². The van der Waals surface area contributed by atoms with Crippen LogP contribution < -0.4 is 0 Å². The minimum Gasteiger partial charge on any atom is -0.396 e. The van der Waals surface area contributed by atoms with Crippen molar-refractivity contribution in [1.82, 2.24) is 0 Å². The second kappa shape index (κ2) is 5.85. The molecule has 1 N–H and O–H groups in total. The first kappa shape index (κ1) is 14.9. The lowest BCUT2D eigenvalue weighted by Crippen LogP contribution is -2.28. The standard InChI is InChI=1S/C11H24O3S/c1-5-15(13,14)8-6-7-11(4,9-12)10(2)3/h10,12H,5-9H2,1-4H3. The highest BCUT2D eigenvalue weighted by atomic mass is 32.2. The molecule has 0 aliphatic carbocycles. The molecule has 0 aliphatic heterocycles. The van der Waals surface area contributed by atoms with Crippen LogP contribution in [-0.2, 0) is 9.84 Å². The molecule has 0 bridgehead atoms. The molecule has 0 fully saturated rings. The summed E-state index contributed by atoms with van der Waals surface area (Å²) >= 11 is 0. The second-order valence-electron chi connectivity index (χ2n) is 4.81. The van der Waals surface area contributed by atoms with Gasteiger partial charge in [-0.05, 0) is 24.2 Å². The zero-order valence-corrected chi connectivity index (χ0v) is 11.1. The molecule has 0 aromatic carbocycles. The van der Waals surface area contributed by atoms with Crippen LogP contribution in [0, 0.1) is 11.3 Å². The van der Waals surface area contributed by atoms with Crippen LogP contribution in [0.2, 0.25) is 0 Å². The highest BCUT2D eigenvalue weighted by Crippen LogP contribution is 2.31. The molecule has 0 aromatic rings. The summed E-state index contributed by atoms with van der Waals surface area (Å²) in [5.74, 6) is 0.822. The summed E-state index contributed by atoms with van der Waals surface area (Å²) in [4.78, 5) is 0. The zero-order chi connectivity index (χ0) is 12.1. The van der Waals surface area contributed by atoms with E-state index in [0.717, 1.165) is 6.42 Å². The third-order valence-corrected chi connectivity index (χ3v) is 5.19. The lowest BCUT2D eigenvalue weighted by atomic mass is 9.76. The Morgan fingerprint density at radius 1 is 1.33 bits per heavy atom. The van der Waals surface area contributed by atoms with E-state index in [4.69, 9.17) is 0 Å². The molecule has 92 valence electrons. The molecule has 3 nitrogen and oxygen atoms in total. The average molecular weight is 236 g/mol. The van der Waals surface area contributed by atoms with Crippen LogP contribution >= 0.6 is 0 Å². The van der Waals surface area contributed by atoms with Crippen LogP contribution in [0.4, 0.5) is 0 Å². The molecule has 0 spiro atoms. The summed E-state index contributed by atoms with van der Waals surface area (Å²) in [5.41, 5.74) is -0.150. The van der Waals surface area contributed by atoms with Gasteiger partial charge in [-0.2, -0.15) is 0 Å². The van der Waals surface area contributed by atoms with Gasteiger partial charge in [0.15, 0.2) is 0 Å².